The number of thioether (sulfide) groups is 2. The Morgan fingerprint density at radius 3 is 2.07 bits per heavy atom. The standard InChI is InChI=1S/C24H43NO2S3/c1-5-7-9-10-11-12-13-14-15-16-21-29-23(28)30-24(3,25-4)19-17-20-27-22(26)18-8-6-2/h5-21H2,1-3H3. The molecule has 0 N–H and O–H groups in total. The molecule has 0 aromatic carbocycles. The third-order valence-corrected chi connectivity index (χ3v) is 7.88. The fourth-order valence-corrected chi connectivity index (χ4v) is 6.04. The second kappa shape index (κ2) is 20.6. The molecule has 3 nitrogen and oxygen atoms in total. The summed E-state index contributed by atoms with van der Waals surface area (Å²) in [6.45, 7) is 14.2. The Morgan fingerprint density at radius 2 is 1.50 bits per heavy atom. The van der Waals surface area contributed by atoms with Crippen LogP contribution in [0.1, 0.15) is 117 Å². The molecule has 6 heteroatoms. The third kappa shape index (κ3) is 18.5. The van der Waals surface area contributed by atoms with Gasteiger partial charge in [-0.25, -0.2) is 6.57 Å². The van der Waals surface area contributed by atoms with Crippen molar-refractivity contribution < 1.29 is 9.53 Å². The Kier molecular flexibility index (Phi) is 20.5. The van der Waals surface area contributed by atoms with Crippen molar-refractivity contribution in [2.24, 2.45) is 0 Å². The van der Waals surface area contributed by atoms with E-state index in [2.05, 4.69) is 18.7 Å². The van der Waals surface area contributed by atoms with E-state index in [0.29, 0.717) is 25.9 Å². The third-order valence-electron chi connectivity index (χ3n) is 5.04. The minimum atomic E-state index is -0.558. The monoisotopic (exact) mass is 473 g/mol. The number of carbonyl (C=O) groups excluding carboxylic acids is 1. The van der Waals surface area contributed by atoms with Crippen LogP contribution in [0.3, 0.4) is 0 Å². The first-order chi connectivity index (χ1) is 14.5. The second-order valence-electron chi connectivity index (χ2n) is 8.10. The zero-order valence-electron chi connectivity index (χ0n) is 19.5. The quantitative estimate of drug-likeness (QED) is 0.0809. The van der Waals surface area contributed by atoms with E-state index in [0.717, 1.165) is 22.1 Å². The van der Waals surface area contributed by atoms with Crippen LogP contribution in [0.25, 0.3) is 4.85 Å². The Bertz CT molecular complexity index is 493. The molecule has 0 rings (SSSR count). The first-order valence-electron chi connectivity index (χ1n) is 11.9. The lowest BCUT2D eigenvalue weighted by Gasteiger charge is -2.16. The normalized spacial score (nSPS) is 12.9. The molecule has 0 spiro atoms. The molecule has 0 amide bonds. The van der Waals surface area contributed by atoms with Gasteiger partial charge in [0.2, 0.25) is 0 Å². The average molecular weight is 474 g/mol. The molecule has 0 aromatic rings. The number of ether oxygens (including phenoxy) is 1. The van der Waals surface area contributed by atoms with Gasteiger partial charge in [-0.3, -0.25) is 9.64 Å². The predicted molar refractivity (Wildman–Crippen MR) is 139 cm³/mol. The number of unbranched alkanes of at least 4 members (excludes halogenated alkanes) is 10. The second-order valence-corrected chi connectivity index (χ2v) is 11.9. The minimum absolute atomic E-state index is 0.128. The molecule has 0 saturated carbocycles. The van der Waals surface area contributed by atoms with Crippen molar-refractivity contribution in [3.05, 3.63) is 11.4 Å². The molecule has 0 aromatic heterocycles. The Morgan fingerprint density at radius 1 is 0.933 bits per heavy atom. The van der Waals surface area contributed by atoms with Crippen molar-refractivity contribution in [1.82, 2.24) is 0 Å². The number of hydrogen-bond acceptors (Lipinski definition) is 5. The van der Waals surface area contributed by atoms with E-state index in [1.807, 2.05) is 6.92 Å². The summed E-state index contributed by atoms with van der Waals surface area (Å²) in [7, 11) is 0. The van der Waals surface area contributed by atoms with Crippen LogP contribution in [0, 0.1) is 6.57 Å². The van der Waals surface area contributed by atoms with Crippen LogP contribution < -0.4 is 0 Å². The largest absolute Gasteiger partial charge is 0.466 e. The van der Waals surface area contributed by atoms with Crippen molar-refractivity contribution in [2.45, 2.75) is 122 Å². The molecule has 0 heterocycles. The van der Waals surface area contributed by atoms with E-state index in [1.54, 1.807) is 11.8 Å². The van der Waals surface area contributed by atoms with Crippen LogP contribution in [0.2, 0.25) is 0 Å². The fraction of sp³-hybridized carbons (Fsp3) is 0.875. The van der Waals surface area contributed by atoms with Gasteiger partial charge in [0.05, 0.1) is 6.61 Å². The Labute approximate surface area is 200 Å². The van der Waals surface area contributed by atoms with Crippen molar-refractivity contribution in [3.8, 4) is 0 Å². The molecule has 0 radical (unpaired) electrons. The highest BCUT2D eigenvalue weighted by atomic mass is 32.2. The maximum atomic E-state index is 11.5. The number of esters is 1. The molecular formula is C24H43NO2S3. The van der Waals surface area contributed by atoms with Crippen LogP contribution in [-0.4, -0.2) is 26.7 Å². The van der Waals surface area contributed by atoms with Crippen LogP contribution in [0.5, 0.6) is 0 Å². The van der Waals surface area contributed by atoms with Crippen LogP contribution in [0.4, 0.5) is 0 Å². The summed E-state index contributed by atoms with van der Waals surface area (Å²) in [6, 6.07) is 0. The van der Waals surface area contributed by atoms with E-state index in [4.69, 9.17) is 23.5 Å². The van der Waals surface area contributed by atoms with Gasteiger partial charge in [0.25, 0.3) is 4.87 Å². The number of nitrogens with zero attached hydrogens (tertiary/aromatic N) is 1. The summed E-state index contributed by atoms with van der Waals surface area (Å²) in [5, 5.41) is 0. The van der Waals surface area contributed by atoms with E-state index in [9.17, 15) is 4.79 Å². The fourth-order valence-electron chi connectivity index (χ4n) is 3.06. The summed E-state index contributed by atoms with van der Waals surface area (Å²) in [5.41, 5.74) is 0. The van der Waals surface area contributed by atoms with Crippen molar-refractivity contribution >= 4 is 45.2 Å². The lowest BCUT2D eigenvalue weighted by atomic mass is 10.1. The van der Waals surface area contributed by atoms with Gasteiger partial charge in [-0.1, -0.05) is 90.3 Å². The summed E-state index contributed by atoms with van der Waals surface area (Å²) in [6.07, 6.45) is 17.2. The Hall–Kier alpha value is -0.250. The zero-order chi connectivity index (χ0) is 22.5. The van der Waals surface area contributed by atoms with Crippen LogP contribution >= 0.6 is 35.7 Å². The maximum absolute atomic E-state index is 11.5. The maximum Gasteiger partial charge on any atom is 0.305 e. The molecule has 0 fully saturated rings. The van der Waals surface area contributed by atoms with E-state index < -0.39 is 4.87 Å². The zero-order valence-corrected chi connectivity index (χ0v) is 22.0. The van der Waals surface area contributed by atoms with E-state index in [-0.39, 0.29) is 5.97 Å². The topological polar surface area (TPSA) is 30.7 Å². The molecule has 1 atom stereocenters. The number of rotatable bonds is 19. The molecule has 174 valence electrons. The molecule has 0 aliphatic carbocycles. The van der Waals surface area contributed by atoms with Crippen molar-refractivity contribution in [3.63, 3.8) is 0 Å². The highest BCUT2D eigenvalue weighted by Gasteiger charge is 2.32. The average Bonchev–Trinajstić information content (AvgIpc) is 2.73. The van der Waals surface area contributed by atoms with Gasteiger partial charge >= 0.3 is 5.97 Å². The highest BCUT2D eigenvalue weighted by Crippen LogP contribution is 2.36. The molecular weight excluding hydrogens is 430 g/mol. The predicted octanol–water partition coefficient (Wildman–Crippen LogP) is 8.81. The molecule has 1 unspecified atom stereocenters. The van der Waals surface area contributed by atoms with Gasteiger partial charge < -0.3 is 4.74 Å². The van der Waals surface area contributed by atoms with Gasteiger partial charge in [-0.2, -0.15) is 0 Å². The van der Waals surface area contributed by atoms with Crippen molar-refractivity contribution in [1.29, 1.82) is 0 Å². The molecule has 0 aliphatic rings. The lowest BCUT2D eigenvalue weighted by Crippen LogP contribution is -2.18. The number of thiocarbonyl (C=S) groups is 1. The van der Waals surface area contributed by atoms with E-state index in [1.165, 1.54) is 76.0 Å². The summed E-state index contributed by atoms with van der Waals surface area (Å²) < 4.78 is 6.11. The molecule has 30 heavy (non-hydrogen) atoms. The number of hydrogen-bond donors (Lipinski definition) is 0. The smallest absolute Gasteiger partial charge is 0.305 e. The highest BCUT2D eigenvalue weighted by molar-refractivity contribution is 8.47. The van der Waals surface area contributed by atoms with Gasteiger partial charge in [-0.15, -0.1) is 11.8 Å². The van der Waals surface area contributed by atoms with Crippen LogP contribution in [-0.2, 0) is 9.53 Å². The van der Waals surface area contributed by atoms with Gasteiger partial charge in [0, 0.05) is 19.8 Å². The van der Waals surface area contributed by atoms with Crippen LogP contribution in [0.15, 0.2) is 0 Å². The first kappa shape index (κ1) is 29.8. The summed E-state index contributed by atoms with van der Waals surface area (Å²) in [4.78, 5) is 14.8. The number of carbonyl (C=O) groups is 1. The summed E-state index contributed by atoms with van der Waals surface area (Å²) >= 11 is 8.72. The Balaban J connectivity index is 3.75. The molecule has 0 aliphatic heterocycles. The molecule has 0 saturated heterocycles. The van der Waals surface area contributed by atoms with Gasteiger partial charge in [-0.05, 0) is 36.8 Å². The van der Waals surface area contributed by atoms with Gasteiger partial charge in [0.1, 0.15) is 3.53 Å². The SMILES string of the molecule is [C-]#[N+]C(C)(CCCOC(=O)CCCC)SC(=S)SCCCCCCCCCCCC. The van der Waals surface area contributed by atoms with Crippen molar-refractivity contribution in [2.75, 3.05) is 12.4 Å². The summed E-state index contributed by atoms with van der Waals surface area (Å²) in [5.74, 6) is 0.919. The van der Waals surface area contributed by atoms with Gasteiger partial charge in [0.15, 0.2) is 0 Å². The van der Waals surface area contributed by atoms with E-state index >= 15 is 0 Å². The minimum Gasteiger partial charge on any atom is -0.466 e. The first-order valence-corrected chi connectivity index (χ1v) is 14.1. The molecule has 0 bridgehead atoms. The lowest BCUT2D eigenvalue weighted by molar-refractivity contribution is -0.143.